The van der Waals surface area contributed by atoms with Gasteiger partial charge in [-0.3, -0.25) is 0 Å². The first-order valence-corrected chi connectivity index (χ1v) is 4.66. The molecule has 1 heterocycles. The Morgan fingerprint density at radius 2 is 2.06 bits per heavy atom. The zero-order valence-corrected chi connectivity index (χ0v) is 8.60. The topological polar surface area (TPSA) is 43.0 Å². The summed E-state index contributed by atoms with van der Waals surface area (Å²) in [6.07, 6.45) is 1.63. The smallest absolute Gasteiger partial charge is 0.363 e. The Hall–Kier alpha value is -2.41. The standard InChI is InChI=1S/C12H8N2O2/c1-8-14-11(12(15)16-8)7-9-3-5-10(13-2)6-4-9/h3-7H,1H3/b11-7-. The number of carbonyl (C=O) groups excluding carboxylic acids is 1. The molecule has 0 amide bonds. The molecule has 2 rings (SSSR count). The maximum absolute atomic E-state index is 11.3. The molecular formula is C12H8N2O2. The summed E-state index contributed by atoms with van der Waals surface area (Å²) >= 11 is 0. The fourth-order valence-electron chi connectivity index (χ4n) is 1.32. The molecule has 0 N–H and O–H groups in total. The summed E-state index contributed by atoms with van der Waals surface area (Å²) in [7, 11) is 0. The van der Waals surface area contributed by atoms with Gasteiger partial charge in [-0.25, -0.2) is 14.6 Å². The molecule has 0 fully saturated rings. The van der Waals surface area contributed by atoms with Crippen LogP contribution < -0.4 is 0 Å². The third-order valence-electron chi connectivity index (χ3n) is 2.05. The van der Waals surface area contributed by atoms with Gasteiger partial charge in [-0.15, -0.1) is 0 Å². The van der Waals surface area contributed by atoms with Crippen LogP contribution in [0, 0.1) is 6.57 Å². The Labute approximate surface area is 92.7 Å². The van der Waals surface area contributed by atoms with E-state index in [1.54, 1.807) is 37.3 Å². The lowest BCUT2D eigenvalue weighted by Crippen LogP contribution is -1.99. The second-order valence-electron chi connectivity index (χ2n) is 3.25. The molecule has 0 unspecified atom stereocenters. The summed E-state index contributed by atoms with van der Waals surface area (Å²) in [4.78, 5) is 18.5. The number of hydrogen-bond donors (Lipinski definition) is 0. The van der Waals surface area contributed by atoms with Crippen molar-refractivity contribution in [3.63, 3.8) is 0 Å². The Morgan fingerprint density at radius 1 is 1.38 bits per heavy atom. The summed E-state index contributed by atoms with van der Waals surface area (Å²) in [5.41, 5.74) is 1.67. The lowest BCUT2D eigenvalue weighted by Gasteiger charge is -1.94. The SMILES string of the molecule is [C-]#[N+]c1ccc(/C=C2\N=C(C)OC2=O)cc1. The van der Waals surface area contributed by atoms with Crippen LogP contribution in [0.2, 0.25) is 0 Å². The largest absolute Gasteiger partial charge is 0.407 e. The number of esters is 1. The number of rotatable bonds is 1. The number of cyclic esters (lactones) is 1. The van der Waals surface area contributed by atoms with Gasteiger partial charge in [-0.1, -0.05) is 24.3 Å². The van der Waals surface area contributed by atoms with Crippen molar-refractivity contribution in [2.45, 2.75) is 6.92 Å². The molecule has 16 heavy (non-hydrogen) atoms. The van der Waals surface area contributed by atoms with Crippen LogP contribution in [-0.2, 0) is 9.53 Å². The van der Waals surface area contributed by atoms with Crippen LogP contribution in [-0.4, -0.2) is 11.9 Å². The van der Waals surface area contributed by atoms with Crippen LogP contribution >= 0.6 is 0 Å². The van der Waals surface area contributed by atoms with E-state index < -0.39 is 5.97 Å². The second kappa shape index (κ2) is 3.99. The van der Waals surface area contributed by atoms with Crippen molar-refractivity contribution >= 4 is 23.6 Å². The number of hydrogen-bond acceptors (Lipinski definition) is 3. The van der Waals surface area contributed by atoms with Crippen LogP contribution in [0.1, 0.15) is 12.5 Å². The molecule has 0 spiro atoms. The van der Waals surface area contributed by atoms with Gasteiger partial charge in [0.25, 0.3) is 0 Å². The van der Waals surface area contributed by atoms with E-state index in [0.717, 1.165) is 5.56 Å². The van der Waals surface area contributed by atoms with Crippen molar-refractivity contribution < 1.29 is 9.53 Å². The van der Waals surface area contributed by atoms with Gasteiger partial charge in [0.05, 0.1) is 6.57 Å². The van der Waals surface area contributed by atoms with Gasteiger partial charge < -0.3 is 4.74 Å². The molecule has 1 aromatic carbocycles. The lowest BCUT2D eigenvalue weighted by molar-refractivity contribution is -0.130. The van der Waals surface area contributed by atoms with E-state index in [9.17, 15) is 4.79 Å². The summed E-state index contributed by atoms with van der Waals surface area (Å²) < 4.78 is 4.79. The third kappa shape index (κ3) is 1.98. The van der Waals surface area contributed by atoms with Gasteiger partial charge in [0.2, 0.25) is 0 Å². The van der Waals surface area contributed by atoms with Gasteiger partial charge in [-0.05, 0) is 11.6 Å². The molecule has 0 atom stereocenters. The van der Waals surface area contributed by atoms with Crippen LogP contribution in [0.3, 0.4) is 0 Å². The number of carbonyl (C=O) groups is 1. The van der Waals surface area contributed by atoms with Crippen molar-refractivity contribution in [1.29, 1.82) is 0 Å². The first kappa shape index (κ1) is 10.1. The highest BCUT2D eigenvalue weighted by atomic mass is 16.6. The minimum absolute atomic E-state index is 0.285. The number of ether oxygens (including phenoxy) is 1. The average Bonchev–Trinajstić information content (AvgIpc) is 2.59. The summed E-state index contributed by atoms with van der Waals surface area (Å²) in [5.74, 6) is -0.0826. The highest BCUT2D eigenvalue weighted by Crippen LogP contribution is 2.18. The first-order chi connectivity index (χ1) is 7.69. The zero-order chi connectivity index (χ0) is 11.5. The minimum Gasteiger partial charge on any atom is -0.407 e. The molecule has 0 saturated carbocycles. The van der Waals surface area contributed by atoms with Crippen molar-refractivity contribution in [2.24, 2.45) is 4.99 Å². The number of nitrogens with zero attached hydrogens (tertiary/aromatic N) is 2. The predicted molar refractivity (Wildman–Crippen MR) is 59.9 cm³/mol. The van der Waals surface area contributed by atoms with Crippen LogP contribution in [0.25, 0.3) is 10.9 Å². The fourth-order valence-corrected chi connectivity index (χ4v) is 1.32. The highest BCUT2D eigenvalue weighted by Gasteiger charge is 2.19. The third-order valence-corrected chi connectivity index (χ3v) is 2.05. The molecule has 4 nitrogen and oxygen atoms in total. The predicted octanol–water partition coefficient (Wildman–Crippen LogP) is 2.55. The summed E-state index contributed by atoms with van der Waals surface area (Å²) in [5, 5.41) is 0. The number of benzene rings is 1. The minimum atomic E-state index is -0.438. The maximum Gasteiger partial charge on any atom is 0.363 e. The first-order valence-electron chi connectivity index (χ1n) is 4.66. The van der Waals surface area contributed by atoms with E-state index in [1.165, 1.54) is 0 Å². The van der Waals surface area contributed by atoms with E-state index in [-0.39, 0.29) is 5.70 Å². The molecule has 78 valence electrons. The zero-order valence-electron chi connectivity index (χ0n) is 8.60. The quantitative estimate of drug-likeness (QED) is 0.408. The van der Waals surface area contributed by atoms with E-state index in [4.69, 9.17) is 11.3 Å². The molecule has 0 aromatic heterocycles. The van der Waals surface area contributed by atoms with E-state index in [0.29, 0.717) is 11.6 Å². The van der Waals surface area contributed by atoms with Crippen molar-refractivity contribution in [1.82, 2.24) is 0 Å². The van der Waals surface area contributed by atoms with Crippen LogP contribution in [0.4, 0.5) is 5.69 Å². The average molecular weight is 212 g/mol. The van der Waals surface area contributed by atoms with Crippen molar-refractivity contribution in [2.75, 3.05) is 0 Å². The number of aliphatic imine (C=N–C) groups is 1. The van der Waals surface area contributed by atoms with Gasteiger partial charge in [0.15, 0.2) is 17.3 Å². The normalized spacial score (nSPS) is 16.9. The van der Waals surface area contributed by atoms with Crippen LogP contribution in [0.15, 0.2) is 35.0 Å². The van der Waals surface area contributed by atoms with Gasteiger partial charge in [0, 0.05) is 6.92 Å². The lowest BCUT2D eigenvalue weighted by atomic mass is 10.2. The Bertz CT molecular complexity index is 533. The Kier molecular flexibility index (Phi) is 2.52. The van der Waals surface area contributed by atoms with Gasteiger partial charge in [-0.2, -0.15) is 0 Å². The molecular weight excluding hydrogens is 204 g/mol. The van der Waals surface area contributed by atoms with E-state index >= 15 is 0 Å². The molecule has 0 aliphatic carbocycles. The molecule has 0 radical (unpaired) electrons. The maximum atomic E-state index is 11.3. The highest BCUT2D eigenvalue weighted by molar-refractivity contribution is 6.06. The van der Waals surface area contributed by atoms with Gasteiger partial charge in [0.1, 0.15) is 0 Å². The Balaban J connectivity index is 2.30. The van der Waals surface area contributed by atoms with Gasteiger partial charge >= 0.3 is 5.97 Å². The Morgan fingerprint density at radius 3 is 2.56 bits per heavy atom. The summed E-state index contributed by atoms with van der Waals surface area (Å²) in [6, 6.07) is 6.90. The summed E-state index contributed by atoms with van der Waals surface area (Å²) in [6.45, 7) is 8.44. The molecule has 1 aliphatic heterocycles. The van der Waals surface area contributed by atoms with Crippen molar-refractivity contribution in [3.8, 4) is 0 Å². The van der Waals surface area contributed by atoms with Crippen LogP contribution in [0.5, 0.6) is 0 Å². The molecule has 0 saturated heterocycles. The molecule has 1 aliphatic rings. The van der Waals surface area contributed by atoms with E-state index in [1.807, 2.05) is 0 Å². The second-order valence-corrected chi connectivity index (χ2v) is 3.25. The molecule has 0 bridgehead atoms. The molecule has 4 heteroatoms. The fraction of sp³-hybridized carbons (Fsp3) is 0.0833. The van der Waals surface area contributed by atoms with E-state index in [2.05, 4.69) is 9.84 Å². The monoisotopic (exact) mass is 212 g/mol. The molecule has 1 aromatic rings. The van der Waals surface area contributed by atoms with Crippen molar-refractivity contribution in [3.05, 3.63) is 46.9 Å².